The van der Waals surface area contributed by atoms with E-state index < -0.39 is 0 Å². The summed E-state index contributed by atoms with van der Waals surface area (Å²) >= 11 is 0. The van der Waals surface area contributed by atoms with E-state index in [4.69, 9.17) is 0 Å². The molecule has 0 saturated heterocycles. The SMILES string of the molecule is CCN(CC)Cc1cccc(CNC(=O)c2cc[n+]([O-])cc2)c1. The summed E-state index contributed by atoms with van der Waals surface area (Å²) in [6, 6.07) is 11.3. The van der Waals surface area contributed by atoms with Gasteiger partial charge in [0.2, 0.25) is 0 Å². The largest absolute Gasteiger partial charge is 0.619 e. The summed E-state index contributed by atoms with van der Waals surface area (Å²) < 4.78 is 0.660. The summed E-state index contributed by atoms with van der Waals surface area (Å²) in [5, 5.41) is 13.9. The van der Waals surface area contributed by atoms with Crippen molar-refractivity contribution in [1.82, 2.24) is 10.2 Å². The third kappa shape index (κ3) is 5.07. The topological polar surface area (TPSA) is 59.3 Å². The maximum atomic E-state index is 12.1. The molecule has 5 nitrogen and oxygen atoms in total. The average Bonchev–Trinajstić information content (AvgIpc) is 2.58. The van der Waals surface area contributed by atoms with Gasteiger partial charge in [0.25, 0.3) is 5.91 Å². The molecule has 1 aromatic heterocycles. The highest BCUT2D eigenvalue weighted by molar-refractivity contribution is 5.93. The van der Waals surface area contributed by atoms with Gasteiger partial charge >= 0.3 is 0 Å². The van der Waals surface area contributed by atoms with E-state index in [0.29, 0.717) is 16.8 Å². The van der Waals surface area contributed by atoms with Gasteiger partial charge in [-0.15, -0.1) is 0 Å². The van der Waals surface area contributed by atoms with Crippen molar-refractivity contribution in [3.05, 3.63) is 70.7 Å². The van der Waals surface area contributed by atoms with Gasteiger partial charge in [-0.05, 0) is 24.2 Å². The standard InChI is InChI=1S/C18H23N3O2/c1-3-20(4-2)14-16-7-5-6-15(12-16)13-19-18(22)17-8-10-21(23)11-9-17/h5-12H,3-4,13-14H2,1-2H3,(H,19,22). The van der Waals surface area contributed by atoms with Crippen molar-refractivity contribution in [2.24, 2.45) is 0 Å². The molecule has 0 fully saturated rings. The Morgan fingerprint density at radius 1 is 1.13 bits per heavy atom. The Balaban J connectivity index is 1.95. The van der Waals surface area contributed by atoms with Crippen molar-refractivity contribution in [3.8, 4) is 0 Å². The van der Waals surface area contributed by atoms with Crippen LogP contribution in [0.1, 0.15) is 35.3 Å². The Bertz CT molecular complexity index is 637. The lowest BCUT2D eigenvalue weighted by Crippen LogP contribution is -2.27. The number of amides is 1. The molecular formula is C18H23N3O2. The fourth-order valence-corrected chi connectivity index (χ4v) is 2.39. The molecule has 0 aliphatic rings. The molecule has 0 saturated carbocycles. The maximum absolute atomic E-state index is 12.1. The second-order valence-corrected chi connectivity index (χ2v) is 5.41. The number of benzene rings is 1. The van der Waals surface area contributed by atoms with E-state index in [2.05, 4.69) is 36.2 Å². The molecule has 0 bridgehead atoms. The second-order valence-electron chi connectivity index (χ2n) is 5.41. The number of rotatable bonds is 7. The summed E-state index contributed by atoms with van der Waals surface area (Å²) in [5.74, 6) is -0.181. The highest BCUT2D eigenvalue weighted by Crippen LogP contribution is 2.09. The van der Waals surface area contributed by atoms with Crippen molar-refractivity contribution < 1.29 is 9.52 Å². The molecular weight excluding hydrogens is 290 g/mol. The molecule has 0 radical (unpaired) electrons. The fraction of sp³-hybridized carbons (Fsp3) is 0.333. The molecule has 1 aromatic carbocycles. The molecule has 23 heavy (non-hydrogen) atoms. The van der Waals surface area contributed by atoms with Crippen molar-refractivity contribution in [3.63, 3.8) is 0 Å². The molecule has 122 valence electrons. The summed E-state index contributed by atoms with van der Waals surface area (Å²) in [5.41, 5.74) is 2.79. The quantitative estimate of drug-likeness (QED) is 0.629. The molecule has 2 aromatic rings. The van der Waals surface area contributed by atoms with E-state index in [9.17, 15) is 10.0 Å². The zero-order valence-corrected chi connectivity index (χ0v) is 13.7. The predicted molar refractivity (Wildman–Crippen MR) is 89.6 cm³/mol. The molecule has 5 heteroatoms. The van der Waals surface area contributed by atoms with Crippen molar-refractivity contribution in [2.45, 2.75) is 26.9 Å². The number of nitrogens with zero attached hydrogens (tertiary/aromatic N) is 2. The van der Waals surface area contributed by atoms with Gasteiger partial charge in [-0.1, -0.05) is 38.1 Å². The van der Waals surface area contributed by atoms with Crippen LogP contribution in [0.2, 0.25) is 0 Å². The van der Waals surface area contributed by atoms with Crippen LogP contribution in [0.15, 0.2) is 48.8 Å². The lowest BCUT2D eigenvalue weighted by atomic mass is 10.1. The summed E-state index contributed by atoms with van der Waals surface area (Å²) in [7, 11) is 0. The molecule has 1 N–H and O–H groups in total. The lowest BCUT2D eigenvalue weighted by Gasteiger charge is -2.18. The van der Waals surface area contributed by atoms with Gasteiger partial charge in [0.15, 0.2) is 12.4 Å². The molecule has 1 amide bonds. The first-order chi connectivity index (χ1) is 11.1. The van der Waals surface area contributed by atoms with Crippen molar-refractivity contribution in [2.75, 3.05) is 13.1 Å². The van der Waals surface area contributed by atoms with Crippen LogP contribution < -0.4 is 10.0 Å². The Kier molecular flexibility index (Phi) is 6.11. The van der Waals surface area contributed by atoms with Gasteiger partial charge in [-0.25, -0.2) is 0 Å². The third-order valence-electron chi connectivity index (χ3n) is 3.81. The van der Waals surface area contributed by atoms with Crippen molar-refractivity contribution >= 4 is 5.91 Å². The normalized spacial score (nSPS) is 10.7. The highest BCUT2D eigenvalue weighted by Gasteiger charge is 2.07. The first kappa shape index (κ1) is 17.0. The first-order valence-corrected chi connectivity index (χ1v) is 7.89. The number of pyridine rings is 1. The van der Waals surface area contributed by atoms with Crippen LogP contribution in [0.3, 0.4) is 0 Å². The Morgan fingerprint density at radius 2 is 1.78 bits per heavy atom. The van der Waals surface area contributed by atoms with Gasteiger partial charge in [0, 0.05) is 25.2 Å². The smallest absolute Gasteiger partial charge is 0.252 e. The number of hydrogen-bond donors (Lipinski definition) is 1. The molecule has 0 unspecified atom stereocenters. The van der Waals surface area contributed by atoms with Crippen LogP contribution in [-0.2, 0) is 13.1 Å². The minimum absolute atomic E-state index is 0.181. The van der Waals surface area contributed by atoms with Crippen LogP contribution in [0.5, 0.6) is 0 Å². The van der Waals surface area contributed by atoms with E-state index in [-0.39, 0.29) is 5.91 Å². The number of aromatic nitrogens is 1. The van der Waals surface area contributed by atoms with Gasteiger partial charge in [-0.2, -0.15) is 4.73 Å². The van der Waals surface area contributed by atoms with Crippen LogP contribution in [0, 0.1) is 5.21 Å². The summed E-state index contributed by atoms with van der Waals surface area (Å²) in [4.78, 5) is 14.4. The molecule has 0 atom stereocenters. The molecule has 0 spiro atoms. The number of nitrogens with one attached hydrogen (secondary N) is 1. The summed E-state index contributed by atoms with van der Waals surface area (Å²) in [6.07, 6.45) is 2.64. The molecule has 2 rings (SSSR count). The fourth-order valence-electron chi connectivity index (χ4n) is 2.39. The van der Waals surface area contributed by atoms with Crippen LogP contribution >= 0.6 is 0 Å². The Morgan fingerprint density at radius 3 is 2.43 bits per heavy atom. The summed E-state index contributed by atoms with van der Waals surface area (Å²) in [6.45, 7) is 7.72. The number of hydrogen-bond acceptors (Lipinski definition) is 3. The average molecular weight is 313 g/mol. The second kappa shape index (κ2) is 8.29. The van der Waals surface area contributed by atoms with Crippen LogP contribution in [-0.4, -0.2) is 23.9 Å². The Labute approximate surface area is 137 Å². The van der Waals surface area contributed by atoms with Gasteiger partial charge in [0.05, 0.1) is 5.56 Å². The minimum Gasteiger partial charge on any atom is -0.619 e. The Hall–Kier alpha value is -2.40. The first-order valence-electron chi connectivity index (χ1n) is 7.89. The van der Waals surface area contributed by atoms with Crippen molar-refractivity contribution in [1.29, 1.82) is 0 Å². The van der Waals surface area contributed by atoms with E-state index in [1.165, 1.54) is 30.1 Å². The number of carbonyl (C=O) groups is 1. The molecule has 0 aliphatic heterocycles. The third-order valence-corrected chi connectivity index (χ3v) is 3.81. The van der Waals surface area contributed by atoms with Gasteiger partial charge < -0.3 is 10.5 Å². The van der Waals surface area contributed by atoms with E-state index in [0.717, 1.165) is 25.2 Å². The maximum Gasteiger partial charge on any atom is 0.252 e. The van der Waals surface area contributed by atoms with Gasteiger partial charge in [0.1, 0.15) is 0 Å². The predicted octanol–water partition coefficient (Wildman–Crippen LogP) is 2.09. The zero-order chi connectivity index (χ0) is 16.7. The molecule has 0 aliphatic carbocycles. The van der Waals surface area contributed by atoms with E-state index in [1.54, 1.807) is 0 Å². The zero-order valence-electron chi connectivity index (χ0n) is 13.7. The number of carbonyl (C=O) groups excluding carboxylic acids is 1. The van der Waals surface area contributed by atoms with E-state index in [1.807, 2.05) is 12.1 Å². The van der Waals surface area contributed by atoms with Gasteiger partial charge in [-0.3, -0.25) is 9.69 Å². The minimum atomic E-state index is -0.181. The molecule has 1 heterocycles. The van der Waals surface area contributed by atoms with Crippen LogP contribution in [0.25, 0.3) is 0 Å². The highest BCUT2D eigenvalue weighted by atomic mass is 16.5. The lowest BCUT2D eigenvalue weighted by molar-refractivity contribution is -0.605. The monoisotopic (exact) mass is 313 g/mol. The van der Waals surface area contributed by atoms with Crippen LogP contribution in [0.4, 0.5) is 0 Å². The van der Waals surface area contributed by atoms with E-state index >= 15 is 0 Å².